The molecular formula is C10H11BrF2O3S. The van der Waals surface area contributed by atoms with Gasteiger partial charge in [0.05, 0.1) is 4.90 Å². The zero-order valence-corrected chi connectivity index (χ0v) is 11.5. The van der Waals surface area contributed by atoms with Crippen LogP contribution in [0.4, 0.5) is 8.78 Å². The van der Waals surface area contributed by atoms with Crippen molar-refractivity contribution in [3.05, 3.63) is 29.8 Å². The van der Waals surface area contributed by atoms with Crippen LogP contribution >= 0.6 is 15.9 Å². The number of hydrogen-bond acceptors (Lipinski definition) is 3. The Morgan fingerprint density at radius 3 is 1.94 bits per heavy atom. The molecule has 0 heterocycles. The van der Waals surface area contributed by atoms with E-state index in [9.17, 15) is 22.3 Å². The van der Waals surface area contributed by atoms with Crippen LogP contribution < -0.4 is 0 Å². The third kappa shape index (κ3) is 3.02. The zero-order chi connectivity index (χ0) is 13.5. The molecule has 0 fully saturated rings. The smallest absolute Gasteiger partial charge is 0.333 e. The molecule has 1 atom stereocenters. The summed E-state index contributed by atoms with van der Waals surface area (Å²) in [6.07, 6.45) is 1.01. The predicted molar refractivity (Wildman–Crippen MR) is 63.0 cm³/mol. The summed E-state index contributed by atoms with van der Waals surface area (Å²) in [6, 6.07) is 4.67. The first-order valence-corrected chi connectivity index (χ1v) is 7.24. The third-order valence-corrected chi connectivity index (χ3v) is 4.30. The lowest BCUT2D eigenvalue weighted by Gasteiger charge is -2.28. The van der Waals surface area contributed by atoms with Crippen LogP contribution in [0.3, 0.4) is 0 Å². The molecule has 0 aliphatic rings. The maximum atomic E-state index is 13.1. The van der Waals surface area contributed by atoms with E-state index in [1.165, 1.54) is 12.1 Å². The van der Waals surface area contributed by atoms with Gasteiger partial charge in [-0.25, -0.2) is 8.42 Å². The first-order valence-electron chi connectivity index (χ1n) is 4.56. The van der Waals surface area contributed by atoms with Gasteiger partial charge in [-0.05, 0) is 40.5 Å². The van der Waals surface area contributed by atoms with Crippen LogP contribution in [-0.2, 0) is 15.4 Å². The molecule has 0 amide bonds. The van der Waals surface area contributed by atoms with Gasteiger partial charge in [0.25, 0.3) is 0 Å². The average molecular weight is 329 g/mol. The quantitative estimate of drug-likeness (QED) is 0.866. The second-order valence-corrected chi connectivity index (χ2v) is 6.88. The Morgan fingerprint density at radius 1 is 1.24 bits per heavy atom. The highest BCUT2D eigenvalue weighted by Crippen LogP contribution is 2.41. The molecule has 0 bridgehead atoms. The molecule has 0 radical (unpaired) electrons. The maximum Gasteiger partial charge on any atom is 0.333 e. The largest absolute Gasteiger partial charge is 0.378 e. The molecule has 1 N–H and O–H groups in total. The summed E-state index contributed by atoms with van der Waals surface area (Å²) in [5.41, 5.74) is -2.49. The van der Waals surface area contributed by atoms with Gasteiger partial charge in [-0.15, -0.1) is 0 Å². The summed E-state index contributed by atoms with van der Waals surface area (Å²) >= 11 is 2.09. The normalized spacial score (nSPS) is 16.6. The second kappa shape index (κ2) is 4.29. The van der Waals surface area contributed by atoms with E-state index in [-0.39, 0.29) is 10.5 Å². The van der Waals surface area contributed by atoms with Crippen LogP contribution in [0.15, 0.2) is 29.2 Å². The molecule has 0 aromatic heterocycles. The van der Waals surface area contributed by atoms with Crippen LogP contribution in [0.25, 0.3) is 0 Å². The van der Waals surface area contributed by atoms with E-state index in [1.54, 1.807) is 0 Å². The van der Waals surface area contributed by atoms with Crippen molar-refractivity contribution >= 4 is 25.8 Å². The molecule has 0 aliphatic heterocycles. The fourth-order valence-electron chi connectivity index (χ4n) is 1.19. The van der Waals surface area contributed by atoms with Gasteiger partial charge in [0, 0.05) is 6.26 Å². The van der Waals surface area contributed by atoms with E-state index in [2.05, 4.69) is 15.9 Å². The molecule has 1 aromatic rings. The van der Waals surface area contributed by atoms with Gasteiger partial charge in [0.1, 0.15) is 0 Å². The highest BCUT2D eigenvalue weighted by atomic mass is 79.9. The highest BCUT2D eigenvalue weighted by molar-refractivity contribution is 9.10. The number of alkyl halides is 3. The van der Waals surface area contributed by atoms with Gasteiger partial charge in [0.2, 0.25) is 0 Å². The second-order valence-electron chi connectivity index (χ2n) is 3.87. The van der Waals surface area contributed by atoms with Crippen LogP contribution in [-0.4, -0.2) is 24.6 Å². The minimum Gasteiger partial charge on any atom is -0.378 e. The molecule has 1 unspecified atom stereocenters. The topological polar surface area (TPSA) is 54.4 Å². The monoisotopic (exact) mass is 328 g/mol. The van der Waals surface area contributed by atoms with Gasteiger partial charge in [-0.1, -0.05) is 12.1 Å². The van der Waals surface area contributed by atoms with E-state index in [0.717, 1.165) is 25.3 Å². The summed E-state index contributed by atoms with van der Waals surface area (Å²) < 4.78 is 48.5. The van der Waals surface area contributed by atoms with Crippen molar-refractivity contribution in [3.8, 4) is 0 Å². The highest BCUT2D eigenvalue weighted by Gasteiger charge is 2.48. The summed E-state index contributed by atoms with van der Waals surface area (Å²) in [5, 5.41) is 9.67. The molecule has 0 aliphatic carbocycles. The van der Waals surface area contributed by atoms with Crippen LogP contribution in [0.1, 0.15) is 12.5 Å². The molecule has 17 heavy (non-hydrogen) atoms. The molecule has 0 saturated carbocycles. The predicted octanol–water partition coefficient (Wildman–Crippen LogP) is 2.29. The van der Waals surface area contributed by atoms with Gasteiger partial charge in [0.15, 0.2) is 15.4 Å². The molecule has 7 heteroatoms. The van der Waals surface area contributed by atoms with Crippen molar-refractivity contribution in [3.63, 3.8) is 0 Å². The number of sulfone groups is 1. The molecule has 3 nitrogen and oxygen atoms in total. The van der Waals surface area contributed by atoms with Gasteiger partial charge >= 0.3 is 4.83 Å². The van der Waals surface area contributed by atoms with Gasteiger partial charge in [-0.3, -0.25) is 0 Å². The third-order valence-electron chi connectivity index (χ3n) is 2.40. The SMILES string of the molecule is CC(O)(c1ccc(S(C)(=O)=O)cc1)C(F)(F)Br. The summed E-state index contributed by atoms with van der Waals surface area (Å²) in [5.74, 6) is 0. The van der Waals surface area contributed by atoms with Crippen molar-refractivity contribution in [2.24, 2.45) is 0 Å². The average Bonchev–Trinajstić information content (AvgIpc) is 2.15. The van der Waals surface area contributed by atoms with E-state index < -0.39 is 20.3 Å². The van der Waals surface area contributed by atoms with Gasteiger partial charge < -0.3 is 5.11 Å². The minimum absolute atomic E-state index is 0.00920. The van der Waals surface area contributed by atoms with E-state index in [4.69, 9.17) is 0 Å². The standard InChI is InChI=1S/C10H11BrF2O3S/c1-9(14,10(11,12)13)7-3-5-8(6-4-7)17(2,15)16/h3-6,14H,1-2H3. The van der Waals surface area contributed by atoms with Crippen molar-refractivity contribution < 1.29 is 22.3 Å². The maximum absolute atomic E-state index is 13.1. The summed E-state index contributed by atoms with van der Waals surface area (Å²) in [7, 11) is -3.38. The van der Waals surface area contributed by atoms with Crippen molar-refractivity contribution in [2.45, 2.75) is 22.3 Å². The number of halogens is 3. The Kier molecular flexibility index (Phi) is 3.67. The number of aliphatic hydroxyl groups is 1. The fraction of sp³-hybridized carbons (Fsp3) is 0.400. The van der Waals surface area contributed by atoms with E-state index in [0.29, 0.717) is 0 Å². The summed E-state index contributed by atoms with van der Waals surface area (Å²) in [4.78, 5) is -3.50. The zero-order valence-electron chi connectivity index (χ0n) is 9.12. The lowest BCUT2D eigenvalue weighted by molar-refractivity contribution is -0.109. The number of benzene rings is 1. The van der Waals surface area contributed by atoms with E-state index >= 15 is 0 Å². The summed E-state index contributed by atoms with van der Waals surface area (Å²) in [6.45, 7) is 0.942. The lowest BCUT2D eigenvalue weighted by Crippen LogP contribution is -2.37. The first-order chi connectivity index (χ1) is 7.46. The van der Waals surface area contributed by atoms with Crippen molar-refractivity contribution in [1.82, 2.24) is 0 Å². The molecule has 0 saturated heterocycles. The Hall–Kier alpha value is -0.530. The molecular weight excluding hydrogens is 318 g/mol. The van der Waals surface area contributed by atoms with Crippen LogP contribution in [0, 0.1) is 0 Å². The Bertz CT molecular complexity index is 503. The van der Waals surface area contributed by atoms with E-state index in [1.807, 2.05) is 0 Å². The van der Waals surface area contributed by atoms with Gasteiger partial charge in [-0.2, -0.15) is 8.78 Å². The Morgan fingerprint density at radius 2 is 1.65 bits per heavy atom. The van der Waals surface area contributed by atoms with Crippen molar-refractivity contribution in [1.29, 1.82) is 0 Å². The number of hydrogen-bond donors (Lipinski definition) is 1. The fourth-order valence-corrected chi connectivity index (χ4v) is 2.05. The van der Waals surface area contributed by atoms with Crippen LogP contribution in [0.2, 0.25) is 0 Å². The number of rotatable bonds is 3. The molecule has 96 valence electrons. The molecule has 1 rings (SSSR count). The first kappa shape index (κ1) is 14.5. The Balaban J connectivity index is 3.21. The minimum atomic E-state index is -3.51. The molecule has 0 spiro atoms. The lowest BCUT2D eigenvalue weighted by atomic mass is 9.97. The van der Waals surface area contributed by atoms with Crippen molar-refractivity contribution in [2.75, 3.05) is 6.26 Å². The molecule has 1 aromatic carbocycles. The van der Waals surface area contributed by atoms with Crippen LogP contribution in [0.5, 0.6) is 0 Å². The Labute approximate surface area is 107 Å².